The third-order valence-corrected chi connectivity index (χ3v) is 7.83. The molecule has 0 aromatic carbocycles. The molecule has 168 valence electrons. The Labute approximate surface area is 194 Å². The Morgan fingerprint density at radius 2 is 2.28 bits per heavy atom. The number of nitrogen functional groups attached to an aromatic ring is 1. The third kappa shape index (κ3) is 4.08. The predicted molar refractivity (Wildman–Crippen MR) is 121 cm³/mol. The minimum absolute atomic E-state index is 0.00742. The van der Waals surface area contributed by atoms with Gasteiger partial charge in [0, 0.05) is 23.1 Å². The number of β-lactam (4-membered cyclic amide) rings is 1. The Balaban J connectivity index is 1.46. The van der Waals surface area contributed by atoms with Gasteiger partial charge in [-0.3, -0.25) is 14.4 Å². The molecule has 3 atom stereocenters. The molecule has 32 heavy (non-hydrogen) atoms. The molecular formula is C18H18N6O5S3. The van der Waals surface area contributed by atoms with Gasteiger partial charge in [0.05, 0.1) is 11.2 Å². The zero-order valence-electron chi connectivity index (χ0n) is 16.6. The highest BCUT2D eigenvalue weighted by atomic mass is 32.2. The summed E-state index contributed by atoms with van der Waals surface area (Å²) in [7, 11) is 1.29. The van der Waals surface area contributed by atoms with Crippen LogP contribution in [0.1, 0.15) is 11.4 Å². The van der Waals surface area contributed by atoms with Crippen molar-refractivity contribution in [1.82, 2.24) is 20.2 Å². The van der Waals surface area contributed by atoms with E-state index in [2.05, 4.69) is 20.4 Å². The second-order valence-electron chi connectivity index (χ2n) is 7.02. The number of hydrogen-bond donors (Lipinski definition) is 3. The summed E-state index contributed by atoms with van der Waals surface area (Å²) >= 11 is 3.85. The van der Waals surface area contributed by atoms with Crippen molar-refractivity contribution < 1.29 is 24.3 Å². The van der Waals surface area contributed by atoms with E-state index in [-0.39, 0.29) is 40.1 Å². The Hall–Kier alpha value is -2.97. The summed E-state index contributed by atoms with van der Waals surface area (Å²) in [5.74, 6) is -1.77. The number of oxime groups is 1. The van der Waals surface area contributed by atoms with E-state index in [1.807, 2.05) is 0 Å². The largest absolute Gasteiger partial charge is 0.481 e. The third-order valence-electron chi connectivity index (χ3n) is 5.00. The van der Waals surface area contributed by atoms with E-state index < -0.39 is 23.3 Å². The molecule has 14 heteroatoms. The number of amides is 2. The number of nitrogens with two attached hydrogens (primary N) is 1. The minimum Gasteiger partial charge on any atom is -0.481 e. The van der Waals surface area contributed by atoms with E-state index in [0.717, 1.165) is 11.3 Å². The average molecular weight is 495 g/mol. The fourth-order valence-electron chi connectivity index (χ4n) is 3.35. The molecule has 0 saturated carbocycles. The van der Waals surface area contributed by atoms with Crippen LogP contribution in [0.2, 0.25) is 0 Å². The predicted octanol–water partition coefficient (Wildman–Crippen LogP) is 0.717. The molecule has 4 N–H and O–H groups in total. The van der Waals surface area contributed by atoms with E-state index >= 15 is 0 Å². The molecule has 0 aliphatic carbocycles. The molecule has 4 rings (SSSR count). The Bertz CT molecular complexity index is 1100. The molecule has 2 aromatic heterocycles. The number of carbonyl (C=O) groups is 3. The molecule has 2 unspecified atom stereocenters. The number of nitrogens with one attached hydrogen (secondary N) is 1. The molecule has 2 aliphatic heterocycles. The van der Waals surface area contributed by atoms with Crippen molar-refractivity contribution in [2.75, 3.05) is 25.1 Å². The van der Waals surface area contributed by atoms with E-state index in [9.17, 15) is 19.5 Å². The van der Waals surface area contributed by atoms with Crippen LogP contribution in [0, 0.1) is 5.41 Å². The summed E-state index contributed by atoms with van der Waals surface area (Å²) in [6.45, 7) is 0.00742. The monoisotopic (exact) mass is 494 g/mol. The standard InChI is InChI=1S/C18H18N6O5S3/c1-29-23-11(10-5-31-17(19)21-10)13(25)22-12-14(26)24-6-18(16(27)28,7-32-15(12)24)3-2-9-4-30-8-20-9/h2-5,8,12,15H,6-7H2,1H3,(H2,19,21)(H,22,25)(H,27,28)/t12?,15-,18?/m1/s1. The lowest BCUT2D eigenvalue weighted by Crippen LogP contribution is -2.73. The van der Waals surface area contributed by atoms with E-state index in [4.69, 9.17) is 10.6 Å². The van der Waals surface area contributed by atoms with Crippen LogP contribution in [0.3, 0.4) is 0 Å². The summed E-state index contributed by atoms with van der Waals surface area (Å²) < 4.78 is 0. The highest BCUT2D eigenvalue weighted by Gasteiger charge is 2.56. The number of anilines is 1. The molecule has 2 aliphatic rings. The SMILES string of the molecule is CON=C(C(=O)NC1C(=O)N2CC(C=Cc3cscn3)(C(=O)O)CS[C@H]12)c1csc(N)n1. The summed E-state index contributed by atoms with van der Waals surface area (Å²) in [6.07, 6.45) is 3.24. The van der Waals surface area contributed by atoms with Crippen LogP contribution in [0.25, 0.3) is 6.08 Å². The van der Waals surface area contributed by atoms with E-state index in [1.54, 1.807) is 28.4 Å². The van der Waals surface area contributed by atoms with Crippen LogP contribution in [-0.2, 0) is 19.2 Å². The van der Waals surface area contributed by atoms with Gasteiger partial charge in [0.1, 0.15) is 29.6 Å². The van der Waals surface area contributed by atoms with Crippen LogP contribution in [0.5, 0.6) is 0 Å². The van der Waals surface area contributed by atoms with Gasteiger partial charge in [-0.25, -0.2) is 9.97 Å². The smallest absolute Gasteiger partial charge is 0.316 e. The molecule has 2 fully saturated rings. The van der Waals surface area contributed by atoms with Gasteiger partial charge >= 0.3 is 5.97 Å². The van der Waals surface area contributed by atoms with Crippen molar-refractivity contribution in [1.29, 1.82) is 0 Å². The zero-order chi connectivity index (χ0) is 22.9. The molecule has 2 saturated heterocycles. The maximum absolute atomic E-state index is 12.8. The van der Waals surface area contributed by atoms with Gasteiger partial charge < -0.3 is 25.9 Å². The van der Waals surface area contributed by atoms with Crippen molar-refractivity contribution in [3.8, 4) is 0 Å². The van der Waals surface area contributed by atoms with Crippen LogP contribution >= 0.6 is 34.4 Å². The summed E-state index contributed by atoms with van der Waals surface area (Å²) in [6, 6.07) is -0.806. The van der Waals surface area contributed by atoms with Gasteiger partial charge in [0.25, 0.3) is 5.91 Å². The quantitative estimate of drug-likeness (QED) is 0.286. The molecule has 0 radical (unpaired) electrons. The molecule has 0 bridgehead atoms. The maximum atomic E-state index is 12.8. The van der Waals surface area contributed by atoms with Crippen LogP contribution in [-0.4, -0.2) is 74.3 Å². The topological polar surface area (TPSA) is 160 Å². The highest BCUT2D eigenvalue weighted by molar-refractivity contribution is 8.00. The first-order chi connectivity index (χ1) is 15.3. The number of thioether (sulfide) groups is 1. The van der Waals surface area contributed by atoms with Gasteiger partial charge in [0.15, 0.2) is 10.8 Å². The normalized spacial score (nSPS) is 25.3. The Kier molecular flexibility index (Phi) is 6.17. The van der Waals surface area contributed by atoms with Crippen molar-refractivity contribution in [3.63, 3.8) is 0 Å². The van der Waals surface area contributed by atoms with Gasteiger partial charge in [-0.1, -0.05) is 11.2 Å². The number of carboxylic acid groups (broad SMARTS) is 1. The Morgan fingerprint density at radius 1 is 1.47 bits per heavy atom. The zero-order valence-corrected chi connectivity index (χ0v) is 19.1. The number of rotatable bonds is 7. The van der Waals surface area contributed by atoms with Crippen LogP contribution in [0.4, 0.5) is 5.13 Å². The average Bonchev–Trinajstić information content (AvgIpc) is 3.45. The van der Waals surface area contributed by atoms with Crippen molar-refractivity contribution in [2.45, 2.75) is 11.4 Å². The first kappa shape index (κ1) is 22.2. The molecule has 2 amide bonds. The maximum Gasteiger partial charge on any atom is 0.316 e. The van der Waals surface area contributed by atoms with Gasteiger partial charge in [0.2, 0.25) is 5.91 Å². The molecule has 2 aromatic rings. The summed E-state index contributed by atoms with van der Waals surface area (Å²) in [4.78, 5) is 51.9. The second kappa shape index (κ2) is 8.88. The van der Waals surface area contributed by atoms with Gasteiger partial charge in [-0.2, -0.15) is 0 Å². The number of aromatic nitrogens is 2. The summed E-state index contributed by atoms with van der Waals surface area (Å²) in [5.41, 5.74) is 6.85. The number of carbonyl (C=O) groups excluding carboxylic acids is 2. The Morgan fingerprint density at radius 3 is 2.91 bits per heavy atom. The van der Waals surface area contributed by atoms with Gasteiger partial charge in [-0.05, 0) is 6.08 Å². The second-order valence-corrected chi connectivity index (χ2v) is 9.73. The van der Waals surface area contributed by atoms with E-state index in [1.165, 1.54) is 35.1 Å². The van der Waals surface area contributed by atoms with Crippen molar-refractivity contribution >= 4 is 69.1 Å². The van der Waals surface area contributed by atoms with Crippen molar-refractivity contribution in [3.05, 3.63) is 33.7 Å². The lowest BCUT2D eigenvalue weighted by atomic mass is 9.86. The first-order valence-electron chi connectivity index (χ1n) is 9.21. The number of fused-ring (bicyclic) bond motifs is 1. The van der Waals surface area contributed by atoms with E-state index in [0.29, 0.717) is 5.69 Å². The first-order valence-corrected chi connectivity index (χ1v) is 12.1. The van der Waals surface area contributed by atoms with Crippen LogP contribution in [0.15, 0.2) is 27.5 Å². The van der Waals surface area contributed by atoms with Gasteiger partial charge in [-0.15, -0.1) is 34.4 Å². The molecule has 0 spiro atoms. The minimum atomic E-state index is -1.24. The van der Waals surface area contributed by atoms with Crippen LogP contribution < -0.4 is 11.1 Å². The number of nitrogens with zero attached hydrogens (tertiary/aromatic N) is 4. The lowest BCUT2D eigenvalue weighted by Gasteiger charge is -2.53. The number of carboxylic acids is 1. The van der Waals surface area contributed by atoms with Crippen molar-refractivity contribution in [2.24, 2.45) is 10.6 Å². The number of hydrogen-bond acceptors (Lipinski definition) is 11. The fourth-order valence-corrected chi connectivity index (χ4v) is 5.93. The highest BCUT2D eigenvalue weighted by Crippen LogP contribution is 2.43. The molecular weight excluding hydrogens is 476 g/mol. The summed E-state index contributed by atoms with van der Waals surface area (Å²) in [5, 5.41) is 19.5. The molecule has 11 nitrogen and oxygen atoms in total. The fraction of sp³-hybridized carbons (Fsp3) is 0.333. The number of thiazole rings is 2. The lowest BCUT2D eigenvalue weighted by molar-refractivity contribution is -0.155. The number of aliphatic carboxylic acids is 1. The molecule has 4 heterocycles.